The molecule has 0 saturated carbocycles. The molecule has 9 heteroatoms. The first kappa shape index (κ1) is 27.6. The van der Waals surface area contributed by atoms with Gasteiger partial charge < -0.3 is 28.6 Å². The van der Waals surface area contributed by atoms with Gasteiger partial charge in [-0.25, -0.2) is 0 Å². The molecule has 0 aliphatic carbocycles. The number of hydrogen-bond donors (Lipinski definition) is 0. The standard InChI is InChI=1S/C27H34ClNO7/c1-8-35-23(30)14-22-26(31)29(15-27(2,3)4)19-10-9-16(28)11-18(19)25(36-22)24-20(33-6)12-17(32-5)13-21(24)34-7/h9-13,22,25H,8,14-15H2,1-7H3/t22-,25+/m1/s1. The third-order valence-electron chi connectivity index (χ3n) is 5.71. The highest BCUT2D eigenvalue weighted by molar-refractivity contribution is 6.30. The van der Waals surface area contributed by atoms with Gasteiger partial charge in [0.05, 0.1) is 39.9 Å². The van der Waals surface area contributed by atoms with Crippen LogP contribution in [0.25, 0.3) is 0 Å². The molecular formula is C27H34ClNO7. The van der Waals surface area contributed by atoms with Crippen LogP contribution in [0.2, 0.25) is 5.02 Å². The van der Waals surface area contributed by atoms with Gasteiger partial charge in [-0.05, 0) is 30.5 Å². The predicted octanol–water partition coefficient (Wildman–Crippen LogP) is 5.19. The van der Waals surface area contributed by atoms with Crippen LogP contribution in [0.4, 0.5) is 5.69 Å². The fourth-order valence-electron chi connectivity index (χ4n) is 4.23. The number of esters is 1. The van der Waals surface area contributed by atoms with Crippen LogP contribution < -0.4 is 19.1 Å². The van der Waals surface area contributed by atoms with Crippen LogP contribution in [0.1, 0.15) is 51.3 Å². The number of carbonyl (C=O) groups is 2. The summed E-state index contributed by atoms with van der Waals surface area (Å²) < 4.78 is 28.4. The molecule has 1 aliphatic heterocycles. The second kappa shape index (κ2) is 11.4. The fourth-order valence-corrected chi connectivity index (χ4v) is 4.41. The Hall–Kier alpha value is -2.97. The molecule has 0 bridgehead atoms. The molecule has 1 heterocycles. The predicted molar refractivity (Wildman–Crippen MR) is 137 cm³/mol. The van der Waals surface area contributed by atoms with Gasteiger partial charge in [0, 0.05) is 35.0 Å². The van der Waals surface area contributed by atoms with Crippen molar-refractivity contribution in [3.8, 4) is 17.2 Å². The minimum atomic E-state index is -1.11. The lowest BCUT2D eigenvalue weighted by molar-refractivity contribution is -0.151. The molecule has 0 N–H and O–H groups in total. The van der Waals surface area contributed by atoms with Crippen LogP contribution in [0, 0.1) is 5.41 Å². The first-order valence-corrected chi connectivity index (χ1v) is 12.1. The van der Waals surface area contributed by atoms with E-state index < -0.39 is 18.2 Å². The van der Waals surface area contributed by atoms with Gasteiger partial charge >= 0.3 is 5.97 Å². The van der Waals surface area contributed by atoms with Crippen LogP contribution in [-0.4, -0.2) is 52.5 Å². The minimum Gasteiger partial charge on any atom is -0.496 e. The molecule has 0 radical (unpaired) electrons. The molecule has 0 fully saturated rings. The minimum absolute atomic E-state index is 0.199. The normalized spacial score (nSPS) is 17.8. The maximum Gasteiger partial charge on any atom is 0.308 e. The van der Waals surface area contributed by atoms with E-state index in [1.54, 1.807) is 49.3 Å². The van der Waals surface area contributed by atoms with Crippen LogP contribution in [-0.2, 0) is 19.1 Å². The van der Waals surface area contributed by atoms with E-state index >= 15 is 0 Å². The van der Waals surface area contributed by atoms with Gasteiger partial charge in [-0.3, -0.25) is 9.59 Å². The summed E-state index contributed by atoms with van der Waals surface area (Å²) in [5.41, 5.74) is 1.59. The number of hydrogen-bond acceptors (Lipinski definition) is 7. The second-order valence-corrected chi connectivity index (χ2v) is 10.1. The lowest BCUT2D eigenvalue weighted by Gasteiger charge is -2.31. The summed E-state index contributed by atoms with van der Waals surface area (Å²) in [6.07, 6.45) is -2.20. The summed E-state index contributed by atoms with van der Waals surface area (Å²) in [6, 6.07) is 8.72. The van der Waals surface area contributed by atoms with Gasteiger partial charge in [0.15, 0.2) is 0 Å². The van der Waals surface area contributed by atoms with Gasteiger partial charge in [0.1, 0.15) is 29.5 Å². The highest BCUT2D eigenvalue weighted by atomic mass is 35.5. The number of nitrogens with zero attached hydrogens (tertiary/aromatic N) is 1. The van der Waals surface area contributed by atoms with Gasteiger partial charge in [-0.15, -0.1) is 0 Å². The first-order valence-electron chi connectivity index (χ1n) is 11.7. The van der Waals surface area contributed by atoms with Crippen molar-refractivity contribution in [3.05, 3.63) is 46.5 Å². The topological polar surface area (TPSA) is 83.5 Å². The average Bonchev–Trinajstić information content (AvgIpc) is 2.92. The van der Waals surface area contributed by atoms with Crippen LogP contribution >= 0.6 is 11.6 Å². The van der Waals surface area contributed by atoms with E-state index in [0.29, 0.717) is 45.6 Å². The number of fused-ring (bicyclic) bond motifs is 1. The zero-order valence-corrected chi connectivity index (χ0v) is 22.6. The van der Waals surface area contributed by atoms with Crippen molar-refractivity contribution in [2.24, 2.45) is 5.41 Å². The summed E-state index contributed by atoms with van der Waals surface area (Å²) in [6.45, 7) is 8.42. The van der Waals surface area contributed by atoms with Crippen LogP contribution in [0.15, 0.2) is 30.3 Å². The molecule has 2 atom stereocenters. The van der Waals surface area contributed by atoms with Crippen molar-refractivity contribution >= 4 is 29.2 Å². The Morgan fingerprint density at radius 3 is 2.22 bits per heavy atom. The van der Waals surface area contributed by atoms with Gasteiger partial charge in [0.25, 0.3) is 5.91 Å². The summed E-state index contributed by atoms with van der Waals surface area (Å²) >= 11 is 6.44. The third kappa shape index (κ3) is 6.05. The molecule has 1 aliphatic rings. The van der Waals surface area contributed by atoms with Crippen molar-refractivity contribution in [1.29, 1.82) is 0 Å². The number of benzene rings is 2. The fraction of sp³-hybridized carbons (Fsp3) is 0.481. The largest absolute Gasteiger partial charge is 0.496 e. The quantitative estimate of drug-likeness (QED) is 0.444. The van der Waals surface area contributed by atoms with Crippen molar-refractivity contribution in [2.75, 3.05) is 39.4 Å². The summed E-state index contributed by atoms with van der Waals surface area (Å²) in [7, 11) is 4.60. The molecule has 2 aromatic carbocycles. The molecule has 8 nitrogen and oxygen atoms in total. The van der Waals surface area contributed by atoms with E-state index in [9.17, 15) is 9.59 Å². The molecule has 3 rings (SSSR count). The number of rotatable bonds is 8. The zero-order valence-electron chi connectivity index (χ0n) is 21.8. The monoisotopic (exact) mass is 519 g/mol. The highest BCUT2D eigenvalue weighted by Gasteiger charge is 2.41. The Bertz CT molecular complexity index is 1090. The Morgan fingerprint density at radius 2 is 1.69 bits per heavy atom. The van der Waals surface area contributed by atoms with Gasteiger partial charge in [-0.1, -0.05) is 32.4 Å². The van der Waals surface area contributed by atoms with Crippen LogP contribution in [0.3, 0.4) is 0 Å². The molecule has 0 aromatic heterocycles. The van der Waals surface area contributed by atoms with Crippen LogP contribution in [0.5, 0.6) is 17.2 Å². The molecule has 0 saturated heterocycles. The molecule has 196 valence electrons. The van der Waals surface area contributed by atoms with E-state index in [1.165, 1.54) is 14.2 Å². The van der Waals surface area contributed by atoms with E-state index in [1.807, 2.05) is 20.8 Å². The van der Waals surface area contributed by atoms with Crippen molar-refractivity contribution in [1.82, 2.24) is 0 Å². The number of ether oxygens (including phenoxy) is 5. The lowest BCUT2D eigenvalue weighted by Crippen LogP contribution is -2.44. The SMILES string of the molecule is CCOC(=O)C[C@H]1O[C@H](c2c(OC)cc(OC)cc2OC)c2cc(Cl)ccc2N(CC(C)(C)C)C1=O. The van der Waals surface area contributed by atoms with Crippen molar-refractivity contribution in [3.63, 3.8) is 0 Å². The first-order chi connectivity index (χ1) is 17.0. The Morgan fingerprint density at radius 1 is 1.06 bits per heavy atom. The van der Waals surface area contributed by atoms with Gasteiger partial charge in [0.2, 0.25) is 0 Å². The Balaban J connectivity index is 2.29. The second-order valence-electron chi connectivity index (χ2n) is 9.65. The summed E-state index contributed by atoms with van der Waals surface area (Å²) in [4.78, 5) is 28.0. The van der Waals surface area contributed by atoms with E-state index in [-0.39, 0.29) is 24.3 Å². The van der Waals surface area contributed by atoms with E-state index in [0.717, 1.165) is 0 Å². The number of methoxy groups -OCH3 is 3. The van der Waals surface area contributed by atoms with E-state index in [4.69, 9.17) is 35.3 Å². The number of halogens is 1. The smallest absolute Gasteiger partial charge is 0.308 e. The molecule has 0 spiro atoms. The third-order valence-corrected chi connectivity index (χ3v) is 5.94. The number of anilines is 1. The Kier molecular flexibility index (Phi) is 8.74. The maximum atomic E-state index is 13.9. The molecule has 0 unspecified atom stereocenters. The van der Waals surface area contributed by atoms with Gasteiger partial charge in [-0.2, -0.15) is 0 Å². The maximum absolute atomic E-state index is 13.9. The molecule has 36 heavy (non-hydrogen) atoms. The Labute approximate surface area is 217 Å². The molecular weight excluding hydrogens is 486 g/mol. The van der Waals surface area contributed by atoms with Crippen molar-refractivity contribution < 1.29 is 33.3 Å². The molecule has 1 amide bonds. The highest BCUT2D eigenvalue weighted by Crippen LogP contribution is 2.48. The lowest BCUT2D eigenvalue weighted by atomic mass is 9.93. The van der Waals surface area contributed by atoms with Crippen molar-refractivity contribution in [2.45, 2.75) is 46.3 Å². The summed E-state index contributed by atoms with van der Waals surface area (Å²) in [5, 5.41) is 0.473. The molecule has 2 aromatic rings. The average molecular weight is 520 g/mol. The number of amides is 1. The van der Waals surface area contributed by atoms with E-state index in [2.05, 4.69) is 0 Å². The zero-order chi connectivity index (χ0) is 26.6. The summed E-state index contributed by atoms with van der Waals surface area (Å²) in [5.74, 6) is 0.543. The number of carbonyl (C=O) groups excluding carboxylic acids is 2.